The number of hydrogen-bond donors (Lipinski definition) is 0. The molecule has 2 aromatic carbocycles. The highest BCUT2D eigenvalue weighted by molar-refractivity contribution is 7.55. The number of carbonyl (C=O) groups is 2. The molecule has 0 bridgehead atoms. The van der Waals surface area contributed by atoms with Crippen LogP contribution in [0.25, 0.3) is 0 Å². The van der Waals surface area contributed by atoms with E-state index in [1.54, 1.807) is 38.1 Å². The Bertz CT molecular complexity index is 1030. The maximum absolute atomic E-state index is 14.2. The Morgan fingerprint density at radius 1 is 0.935 bits per heavy atom. The van der Waals surface area contributed by atoms with E-state index < -0.39 is 30.6 Å². The van der Waals surface area contributed by atoms with Crippen LogP contribution in [0.15, 0.2) is 65.7 Å². The molecule has 0 radical (unpaired) electrons. The molecule has 31 heavy (non-hydrogen) atoms. The molecule has 2 amide bonds. The lowest BCUT2D eigenvalue weighted by atomic mass is 9.87. The number of carbonyl (C=O) groups excluding carboxylic acids is 2. The quantitative estimate of drug-likeness (QED) is 0.458. The second-order valence-electron chi connectivity index (χ2n) is 7.46. The topological polar surface area (TPSA) is 85.3 Å². The number of likely N-dealkylation sites (tertiary alicyclic amines) is 1. The lowest BCUT2D eigenvalue weighted by molar-refractivity contribution is -0.140. The van der Waals surface area contributed by atoms with Crippen LogP contribution in [-0.4, -0.2) is 36.1 Å². The van der Waals surface area contributed by atoms with Gasteiger partial charge in [-0.15, -0.1) is 0 Å². The Morgan fingerprint density at radius 3 is 2.10 bits per heavy atom. The van der Waals surface area contributed by atoms with Crippen molar-refractivity contribution in [3.63, 3.8) is 0 Å². The van der Waals surface area contributed by atoms with Gasteiger partial charge in [-0.05, 0) is 25.0 Å². The van der Waals surface area contributed by atoms with Crippen LogP contribution in [0.2, 0.25) is 0 Å². The standard InChI is InChI=1S/C23H25N2O5P/c1-3-29-31(28,30-4-2)23(18-13-9-6-10-14-18)20-19(15-24-23)21(26)25(22(20)27)16-17-11-7-5-8-12-17/h5-15,19-20H,3-4,16H2,1-2H3/t19-,20+,23+/m1/s1. The summed E-state index contributed by atoms with van der Waals surface area (Å²) in [6.45, 7) is 3.81. The molecule has 1 saturated heterocycles. The predicted molar refractivity (Wildman–Crippen MR) is 116 cm³/mol. The molecule has 0 spiro atoms. The fraction of sp³-hybridized carbons (Fsp3) is 0.348. The van der Waals surface area contributed by atoms with Gasteiger partial charge in [-0.1, -0.05) is 60.7 Å². The molecule has 8 heteroatoms. The SMILES string of the molecule is CCOP(=O)(OCC)[C@]1(c2ccccc2)N=C[C@H]2C(=O)N(Cc3ccccc3)C(=O)[C@H]21. The van der Waals surface area contributed by atoms with Gasteiger partial charge in [0.25, 0.3) is 0 Å². The minimum atomic E-state index is -3.96. The fourth-order valence-electron chi connectivity index (χ4n) is 4.43. The molecule has 0 N–H and O–H groups in total. The van der Waals surface area contributed by atoms with E-state index in [1.165, 1.54) is 11.1 Å². The van der Waals surface area contributed by atoms with Gasteiger partial charge in [0.15, 0.2) is 5.28 Å². The molecule has 1 fully saturated rings. The van der Waals surface area contributed by atoms with E-state index in [9.17, 15) is 14.2 Å². The highest BCUT2D eigenvalue weighted by Crippen LogP contribution is 2.72. The first kappa shape index (κ1) is 21.6. The van der Waals surface area contributed by atoms with E-state index in [1.807, 2.05) is 36.4 Å². The molecule has 2 heterocycles. The zero-order valence-electron chi connectivity index (χ0n) is 17.5. The van der Waals surface area contributed by atoms with Crippen LogP contribution in [0.1, 0.15) is 25.0 Å². The first-order valence-electron chi connectivity index (χ1n) is 10.4. The second-order valence-corrected chi connectivity index (χ2v) is 9.65. The summed E-state index contributed by atoms with van der Waals surface area (Å²) in [5.41, 5.74) is 1.37. The first-order valence-corrected chi connectivity index (χ1v) is 11.9. The highest BCUT2D eigenvalue weighted by Gasteiger charge is 2.69. The van der Waals surface area contributed by atoms with E-state index in [2.05, 4.69) is 4.99 Å². The summed E-state index contributed by atoms with van der Waals surface area (Å²) in [7, 11) is -3.96. The number of benzene rings is 2. The van der Waals surface area contributed by atoms with Gasteiger partial charge >= 0.3 is 7.60 Å². The molecule has 162 valence electrons. The van der Waals surface area contributed by atoms with Crippen molar-refractivity contribution < 1.29 is 23.2 Å². The molecule has 4 rings (SSSR count). The van der Waals surface area contributed by atoms with Crippen LogP contribution in [-0.2, 0) is 35.0 Å². The summed E-state index contributed by atoms with van der Waals surface area (Å²) in [5.74, 6) is -2.57. The minimum Gasteiger partial charge on any atom is -0.307 e. The van der Waals surface area contributed by atoms with Crippen LogP contribution >= 0.6 is 7.60 Å². The molecule has 0 aliphatic carbocycles. The maximum atomic E-state index is 14.2. The number of hydrogen-bond acceptors (Lipinski definition) is 6. The number of aliphatic imine (C=N–C) groups is 1. The Morgan fingerprint density at radius 2 is 1.52 bits per heavy atom. The summed E-state index contributed by atoms with van der Waals surface area (Å²) in [4.78, 5) is 32.6. The zero-order chi connectivity index (χ0) is 22.1. The lowest BCUT2D eigenvalue weighted by Gasteiger charge is -2.37. The van der Waals surface area contributed by atoms with E-state index >= 15 is 0 Å². The lowest BCUT2D eigenvalue weighted by Crippen LogP contribution is -2.39. The molecule has 2 aliphatic heterocycles. The van der Waals surface area contributed by atoms with E-state index in [-0.39, 0.29) is 25.7 Å². The van der Waals surface area contributed by atoms with Crippen molar-refractivity contribution in [3.05, 3.63) is 71.8 Å². The monoisotopic (exact) mass is 440 g/mol. The van der Waals surface area contributed by atoms with Gasteiger partial charge in [-0.25, -0.2) is 0 Å². The summed E-state index contributed by atoms with van der Waals surface area (Å²) in [6, 6.07) is 18.2. The summed E-state index contributed by atoms with van der Waals surface area (Å²) in [6.07, 6.45) is 1.45. The molecule has 2 aromatic rings. The molecule has 0 aromatic heterocycles. The van der Waals surface area contributed by atoms with E-state index in [0.29, 0.717) is 5.56 Å². The normalized spacial score (nSPS) is 25.3. The van der Waals surface area contributed by atoms with Crippen molar-refractivity contribution in [1.82, 2.24) is 4.90 Å². The molecular formula is C23H25N2O5P. The Hall–Kier alpha value is -2.60. The van der Waals surface area contributed by atoms with Crippen LogP contribution in [0.3, 0.4) is 0 Å². The Labute approximate surface area is 181 Å². The maximum Gasteiger partial charge on any atom is 0.363 e. The van der Waals surface area contributed by atoms with Crippen LogP contribution < -0.4 is 0 Å². The molecular weight excluding hydrogens is 415 g/mol. The van der Waals surface area contributed by atoms with Gasteiger partial charge in [0, 0.05) is 6.21 Å². The van der Waals surface area contributed by atoms with Crippen molar-refractivity contribution in [1.29, 1.82) is 0 Å². The number of nitrogens with zero attached hydrogens (tertiary/aromatic N) is 2. The third-order valence-corrected chi connectivity index (χ3v) is 8.39. The van der Waals surface area contributed by atoms with Crippen LogP contribution in [0.5, 0.6) is 0 Å². The van der Waals surface area contributed by atoms with Crippen molar-refractivity contribution in [2.45, 2.75) is 25.7 Å². The Balaban J connectivity index is 1.83. The van der Waals surface area contributed by atoms with Crippen molar-refractivity contribution >= 4 is 25.6 Å². The van der Waals surface area contributed by atoms with Gasteiger partial charge in [-0.3, -0.25) is 24.0 Å². The zero-order valence-corrected chi connectivity index (χ0v) is 18.4. The van der Waals surface area contributed by atoms with Gasteiger partial charge in [-0.2, -0.15) is 0 Å². The first-order chi connectivity index (χ1) is 15.0. The summed E-state index contributed by atoms with van der Waals surface area (Å²) < 4.78 is 25.5. The largest absolute Gasteiger partial charge is 0.363 e. The van der Waals surface area contributed by atoms with Gasteiger partial charge in [0.1, 0.15) is 0 Å². The van der Waals surface area contributed by atoms with Gasteiger partial charge in [0.2, 0.25) is 11.8 Å². The number of fused-ring (bicyclic) bond motifs is 1. The second kappa shape index (κ2) is 8.50. The Kier molecular flexibility index (Phi) is 5.93. The number of rotatable bonds is 8. The predicted octanol–water partition coefficient (Wildman–Crippen LogP) is 3.99. The molecule has 0 saturated carbocycles. The summed E-state index contributed by atoms with van der Waals surface area (Å²) in [5, 5.41) is -1.61. The van der Waals surface area contributed by atoms with Crippen molar-refractivity contribution in [2.24, 2.45) is 16.8 Å². The minimum absolute atomic E-state index is 0.120. The molecule has 7 nitrogen and oxygen atoms in total. The highest BCUT2D eigenvalue weighted by atomic mass is 31.2. The fourth-order valence-corrected chi connectivity index (χ4v) is 6.86. The van der Waals surface area contributed by atoms with E-state index in [0.717, 1.165) is 5.56 Å². The van der Waals surface area contributed by atoms with Crippen LogP contribution in [0.4, 0.5) is 0 Å². The third-order valence-electron chi connectivity index (χ3n) is 5.71. The smallest absolute Gasteiger partial charge is 0.307 e. The molecule has 2 aliphatic rings. The average Bonchev–Trinajstić information content (AvgIpc) is 3.29. The van der Waals surface area contributed by atoms with Crippen LogP contribution in [0, 0.1) is 11.8 Å². The van der Waals surface area contributed by atoms with Crippen molar-refractivity contribution in [3.8, 4) is 0 Å². The number of amides is 2. The number of imide groups is 1. The third kappa shape index (κ3) is 3.37. The van der Waals surface area contributed by atoms with Gasteiger partial charge < -0.3 is 9.05 Å². The van der Waals surface area contributed by atoms with Gasteiger partial charge in [0.05, 0.1) is 31.6 Å². The average molecular weight is 440 g/mol. The van der Waals surface area contributed by atoms with Crippen molar-refractivity contribution in [2.75, 3.05) is 13.2 Å². The van der Waals surface area contributed by atoms with E-state index in [4.69, 9.17) is 9.05 Å². The summed E-state index contributed by atoms with van der Waals surface area (Å²) >= 11 is 0. The molecule has 0 unspecified atom stereocenters. The molecule has 3 atom stereocenters.